The monoisotopic (exact) mass is 323 g/mol. The Hall–Kier alpha value is -2.48. The number of H-pyrrole nitrogens is 1. The number of hydrogen-bond donors (Lipinski definition) is 3. The molecule has 1 unspecified atom stereocenters. The first-order valence-corrected chi connectivity index (χ1v) is 7.13. The van der Waals surface area contributed by atoms with Crippen molar-refractivity contribution in [2.45, 2.75) is 6.04 Å². The number of carbonyl (C=O) groups is 1. The molecular weight excluding hydrogens is 308 g/mol. The lowest BCUT2D eigenvalue weighted by molar-refractivity contribution is 0.0695. The van der Waals surface area contributed by atoms with Gasteiger partial charge in [-0.05, 0) is 12.1 Å². The van der Waals surface area contributed by atoms with Gasteiger partial charge in [0.15, 0.2) is 0 Å². The summed E-state index contributed by atoms with van der Waals surface area (Å²) in [6.45, 7) is 0.803. The van der Waals surface area contributed by atoms with Crippen LogP contribution in [0.3, 0.4) is 0 Å². The van der Waals surface area contributed by atoms with Gasteiger partial charge in [-0.25, -0.2) is 13.6 Å². The van der Waals surface area contributed by atoms with Crippen LogP contribution in [0.4, 0.5) is 14.5 Å². The molecule has 0 saturated carbocycles. The SMILES string of the molecule is O=C(O)c1c[nH]c2cc(N3CCNC(CF)C3)c(F)cc2c1=O. The predicted molar refractivity (Wildman–Crippen MR) is 81.5 cm³/mol. The molecule has 1 atom stereocenters. The van der Waals surface area contributed by atoms with Gasteiger partial charge in [-0.3, -0.25) is 4.79 Å². The smallest absolute Gasteiger partial charge is 0.341 e. The Morgan fingerprint density at radius 2 is 2.22 bits per heavy atom. The number of pyridine rings is 1. The van der Waals surface area contributed by atoms with Crippen LogP contribution in [0, 0.1) is 5.82 Å². The van der Waals surface area contributed by atoms with E-state index in [2.05, 4.69) is 10.3 Å². The standard InChI is InChI=1S/C15H15F2N3O3/c16-5-8-7-20(2-1-18-8)13-4-12-9(3-11(13)17)14(21)10(6-19-12)15(22)23/h3-4,6,8,18H,1-2,5,7H2,(H,19,21)(H,22,23). The normalized spacial score (nSPS) is 18.3. The maximum absolute atomic E-state index is 14.4. The highest BCUT2D eigenvalue weighted by Crippen LogP contribution is 2.25. The van der Waals surface area contributed by atoms with Crippen LogP contribution in [-0.4, -0.2) is 48.4 Å². The maximum atomic E-state index is 14.4. The quantitative estimate of drug-likeness (QED) is 0.788. The zero-order chi connectivity index (χ0) is 16.6. The van der Waals surface area contributed by atoms with Gasteiger partial charge < -0.3 is 20.3 Å². The van der Waals surface area contributed by atoms with E-state index in [1.807, 2.05) is 0 Å². The number of anilines is 1. The number of fused-ring (bicyclic) bond motifs is 1. The Bertz CT molecular complexity index is 821. The van der Waals surface area contributed by atoms with Gasteiger partial charge in [0.05, 0.1) is 17.2 Å². The van der Waals surface area contributed by atoms with Crippen LogP contribution in [0.25, 0.3) is 10.9 Å². The van der Waals surface area contributed by atoms with Crippen molar-refractivity contribution in [3.05, 3.63) is 39.9 Å². The molecule has 3 rings (SSSR count). The largest absolute Gasteiger partial charge is 0.477 e. The first kappa shape index (κ1) is 15.4. The van der Waals surface area contributed by atoms with Gasteiger partial charge in [0, 0.05) is 31.2 Å². The molecule has 1 saturated heterocycles. The molecule has 1 aliphatic heterocycles. The molecule has 1 aromatic heterocycles. The summed E-state index contributed by atoms with van der Waals surface area (Å²) in [5.74, 6) is -2.00. The number of carboxylic acids is 1. The number of nitrogens with zero attached hydrogens (tertiary/aromatic N) is 1. The van der Waals surface area contributed by atoms with E-state index in [9.17, 15) is 18.4 Å². The minimum Gasteiger partial charge on any atom is -0.477 e. The lowest BCUT2D eigenvalue weighted by Crippen LogP contribution is -2.52. The van der Waals surface area contributed by atoms with Gasteiger partial charge in [-0.2, -0.15) is 0 Å². The summed E-state index contributed by atoms with van der Waals surface area (Å²) in [6.07, 6.45) is 1.09. The number of aromatic carboxylic acids is 1. The zero-order valence-electron chi connectivity index (χ0n) is 12.1. The second-order valence-corrected chi connectivity index (χ2v) is 5.44. The van der Waals surface area contributed by atoms with Crippen molar-refractivity contribution in [1.29, 1.82) is 0 Å². The number of hydrogen-bond acceptors (Lipinski definition) is 4. The second kappa shape index (κ2) is 5.96. The molecule has 2 aromatic rings. The van der Waals surface area contributed by atoms with Crippen molar-refractivity contribution < 1.29 is 18.7 Å². The molecule has 0 bridgehead atoms. The van der Waals surface area contributed by atoms with Crippen molar-refractivity contribution in [2.75, 3.05) is 31.2 Å². The first-order valence-electron chi connectivity index (χ1n) is 7.13. The van der Waals surface area contributed by atoms with E-state index in [0.29, 0.717) is 25.2 Å². The molecule has 0 radical (unpaired) electrons. The Kier molecular flexibility index (Phi) is 3.99. The van der Waals surface area contributed by atoms with Crippen LogP contribution in [-0.2, 0) is 0 Å². The summed E-state index contributed by atoms with van der Waals surface area (Å²) >= 11 is 0. The summed E-state index contributed by atoms with van der Waals surface area (Å²) in [5, 5.41) is 11.9. The lowest BCUT2D eigenvalue weighted by Gasteiger charge is -2.34. The van der Waals surface area contributed by atoms with Crippen molar-refractivity contribution in [3.8, 4) is 0 Å². The Morgan fingerprint density at radius 3 is 2.91 bits per heavy atom. The van der Waals surface area contributed by atoms with Crippen molar-refractivity contribution in [3.63, 3.8) is 0 Å². The minimum absolute atomic E-state index is 0.0247. The average molecular weight is 323 g/mol. The Labute approximate surface area is 129 Å². The highest BCUT2D eigenvalue weighted by molar-refractivity contribution is 5.93. The molecule has 0 spiro atoms. The van der Waals surface area contributed by atoms with Gasteiger partial charge in [-0.1, -0.05) is 0 Å². The number of carboxylic acid groups (broad SMARTS) is 1. The number of aromatic nitrogens is 1. The van der Waals surface area contributed by atoms with E-state index in [1.165, 1.54) is 6.07 Å². The van der Waals surface area contributed by atoms with Crippen LogP contribution in [0.1, 0.15) is 10.4 Å². The second-order valence-electron chi connectivity index (χ2n) is 5.44. The summed E-state index contributed by atoms with van der Waals surface area (Å²) in [4.78, 5) is 27.5. The molecule has 23 heavy (non-hydrogen) atoms. The summed E-state index contributed by atoms with van der Waals surface area (Å²) in [5.41, 5.74) is -0.578. The number of rotatable bonds is 3. The number of nitrogens with one attached hydrogen (secondary N) is 2. The van der Waals surface area contributed by atoms with Crippen molar-refractivity contribution >= 4 is 22.6 Å². The lowest BCUT2D eigenvalue weighted by atomic mass is 10.1. The third kappa shape index (κ3) is 2.77. The molecule has 8 heteroatoms. The van der Waals surface area contributed by atoms with Gasteiger partial charge in [-0.15, -0.1) is 0 Å². The fourth-order valence-electron chi connectivity index (χ4n) is 2.78. The molecule has 6 nitrogen and oxygen atoms in total. The molecule has 0 amide bonds. The van der Waals surface area contributed by atoms with Crippen LogP contribution < -0.4 is 15.6 Å². The van der Waals surface area contributed by atoms with Gasteiger partial charge in [0.2, 0.25) is 5.43 Å². The highest BCUT2D eigenvalue weighted by atomic mass is 19.1. The molecule has 2 heterocycles. The number of halogens is 2. The molecule has 3 N–H and O–H groups in total. The fourth-order valence-corrected chi connectivity index (χ4v) is 2.78. The number of piperazine rings is 1. The van der Waals surface area contributed by atoms with E-state index in [0.717, 1.165) is 12.3 Å². The van der Waals surface area contributed by atoms with E-state index in [-0.39, 0.29) is 17.1 Å². The molecule has 0 aliphatic carbocycles. The topological polar surface area (TPSA) is 85.4 Å². The third-order valence-electron chi connectivity index (χ3n) is 3.96. The average Bonchev–Trinajstić information content (AvgIpc) is 2.55. The molecule has 1 fully saturated rings. The van der Waals surface area contributed by atoms with Gasteiger partial charge in [0.1, 0.15) is 18.1 Å². The van der Waals surface area contributed by atoms with Crippen LogP contribution in [0.5, 0.6) is 0 Å². The van der Waals surface area contributed by atoms with E-state index in [1.54, 1.807) is 4.90 Å². The number of benzene rings is 1. The fraction of sp³-hybridized carbons (Fsp3) is 0.333. The van der Waals surface area contributed by atoms with Crippen LogP contribution in [0.15, 0.2) is 23.1 Å². The van der Waals surface area contributed by atoms with Crippen LogP contribution >= 0.6 is 0 Å². The number of alkyl halides is 1. The van der Waals surface area contributed by atoms with Gasteiger partial charge >= 0.3 is 5.97 Å². The summed E-state index contributed by atoms with van der Waals surface area (Å²) < 4.78 is 27.2. The maximum Gasteiger partial charge on any atom is 0.341 e. The minimum atomic E-state index is -1.37. The van der Waals surface area contributed by atoms with E-state index in [4.69, 9.17) is 5.11 Å². The molecule has 1 aliphatic rings. The zero-order valence-corrected chi connectivity index (χ0v) is 12.1. The van der Waals surface area contributed by atoms with Crippen molar-refractivity contribution in [1.82, 2.24) is 10.3 Å². The van der Waals surface area contributed by atoms with Crippen LogP contribution in [0.2, 0.25) is 0 Å². The summed E-state index contributed by atoms with van der Waals surface area (Å²) in [6, 6.07) is 2.12. The predicted octanol–water partition coefficient (Wildman–Crippen LogP) is 1.11. The Morgan fingerprint density at radius 1 is 1.43 bits per heavy atom. The van der Waals surface area contributed by atoms with Crippen molar-refractivity contribution in [2.24, 2.45) is 0 Å². The third-order valence-corrected chi connectivity index (χ3v) is 3.96. The Balaban J connectivity index is 2.07. The first-order chi connectivity index (χ1) is 11.0. The molecule has 122 valence electrons. The molecular formula is C15H15F2N3O3. The highest BCUT2D eigenvalue weighted by Gasteiger charge is 2.23. The van der Waals surface area contributed by atoms with Gasteiger partial charge in [0.25, 0.3) is 0 Å². The number of aromatic amines is 1. The van der Waals surface area contributed by atoms with E-state index < -0.39 is 29.5 Å². The van der Waals surface area contributed by atoms with E-state index >= 15 is 0 Å². The molecule has 1 aromatic carbocycles. The summed E-state index contributed by atoms with van der Waals surface area (Å²) in [7, 11) is 0.